The van der Waals surface area contributed by atoms with E-state index in [-0.39, 0.29) is 25.7 Å². The molecule has 0 fully saturated rings. The van der Waals surface area contributed by atoms with Gasteiger partial charge in [0.1, 0.15) is 19.3 Å². The summed E-state index contributed by atoms with van der Waals surface area (Å²) in [5.41, 5.74) is 0. The Labute approximate surface area is 613 Å². The van der Waals surface area contributed by atoms with Crippen LogP contribution in [-0.2, 0) is 65.4 Å². The molecule has 0 heterocycles. The number of ether oxygens (including phenoxy) is 4. The summed E-state index contributed by atoms with van der Waals surface area (Å²) in [6.07, 6.45) is 67.1. The monoisotopic (exact) mass is 1460 g/mol. The van der Waals surface area contributed by atoms with Gasteiger partial charge in [-0.1, -0.05) is 387 Å². The van der Waals surface area contributed by atoms with Gasteiger partial charge in [0.05, 0.1) is 26.4 Å². The highest BCUT2D eigenvalue weighted by Gasteiger charge is 2.25. The molecule has 17 nitrogen and oxygen atoms in total. The van der Waals surface area contributed by atoms with E-state index in [9.17, 15) is 43.2 Å². The molecule has 0 aliphatic rings. The molecule has 100 heavy (non-hydrogen) atoms. The number of aliphatic hydroxyl groups is 1. The van der Waals surface area contributed by atoms with Crippen molar-refractivity contribution < 1.29 is 80.2 Å². The lowest BCUT2D eigenvalue weighted by Crippen LogP contribution is -2.31. The lowest BCUT2D eigenvalue weighted by Gasteiger charge is -2.28. The molecule has 0 aromatic carbocycles. The highest BCUT2D eigenvalue weighted by Crippen LogP contribution is 2.41. The minimum absolute atomic E-state index is 0.0886. The fourth-order valence-electron chi connectivity index (χ4n) is 12.6. The van der Waals surface area contributed by atoms with Crippen LogP contribution in [0, 0.1) is 0 Å². The number of unbranched alkanes of at least 4 members (excludes halogenated alkanes) is 56. The van der Waals surface area contributed by atoms with Crippen molar-refractivity contribution >= 4 is 39.5 Å². The van der Waals surface area contributed by atoms with E-state index in [0.717, 1.165) is 89.9 Å². The lowest BCUT2D eigenvalue weighted by molar-refractivity contribution is -0.233. The Balaban J connectivity index is 5.27. The second kappa shape index (κ2) is 75.3. The first-order chi connectivity index (χ1) is 48.7. The summed E-state index contributed by atoms with van der Waals surface area (Å²) in [5.74, 6) is -2.19. The summed E-state index contributed by atoms with van der Waals surface area (Å²) in [6.45, 7) is 4.64. The SMILES string of the molecule is CCCCCCCCCCCCCCCCCC(=O)OC[C@H](COP(=O)([O-])OCC(O)COP(=O)([O-])OC[C@@H](COC(=O)CCCCCCCCCCCCCCCCC)OC(=O)CCCCCCCCCCCCCCCCC)OC(=O)CCCCCCCCCCCCCCCCC. The van der Waals surface area contributed by atoms with Gasteiger partial charge >= 0.3 is 23.9 Å². The van der Waals surface area contributed by atoms with E-state index < -0.39 is 97.5 Å². The predicted molar refractivity (Wildman–Crippen MR) is 405 cm³/mol. The van der Waals surface area contributed by atoms with Crippen LogP contribution < -0.4 is 9.79 Å². The first kappa shape index (κ1) is 98.1. The number of carbonyl (C=O) groups excluding carboxylic acids is 4. The average Bonchev–Trinajstić information content (AvgIpc) is 1.01. The summed E-state index contributed by atoms with van der Waals surface area (Å²) in [5, 5.41) is 10.6. The van der Waals surface area contributed by atoms with Crippen LogP contribution in [0.5, 0.6) is 0 Å². The zero-order valence-corrected chi connectivity index (χ0v) is 66.9. The predicted octanol–water partition coefficient (Wildman–Crippen LogP) is 23.3. The molecule has 594 valence electrons. The topological polar surface area (TPSA) is 243 Å². The van der Waals surface area contributed by atoms with Gasteiger partial charge in [0.25, 0.3) is 15.6 Å². The van der Waals surface area contributed by atoms with Crippen molar-refractivity contribution in [2.45, 2.75) is 457 Å². The molecule has 1 N–H and O–H groups in total. The van der Waals surface area contributed by atoms with E-state index in [1.807, 2.05) is 0 Å². The van der Waals surface area contributed by atoms with Crippen molar-refractivity contribution in [3.05, 3.63) is 0 Å². The zero-order valence-electron chi connectivity index (χ0n) is 65.1. The molecule has 2 unspecified atom stereocenters. The number of phosphoric ester groups is 2. The summed E-state index contributed by atoms with van der Waals surface area (Å²) in [7, 11) is -10.5. The third-order valence-corrected chi connectivity index (χ3v) is 20.9. The van der Waals surface area contributed by atoms with Crippen molar-refractivity contribution in [2.24, 2.45) is 0 Å². The summed E-state index contributed by atoms with van der Waals surface area (Å²) < 4.78 is 67.9. The highest BCUT2D eigenvalue weighted by molar-refractivity contribution is 7.46. The van der Waals surface area contributed by atoms with E-state index in [2.05, 4.69) is 27.7 Å². The molecule has 0 radical (unpaired) electrons. The molecule has 0 bridgehead atoms. The number of aliphatic hydroxyl groups excluding tert-OH is 1. The van der Waals surface area contributed by atoms with Crippen LogP contribution in [0.1, 0.15) is 439 Å². The molecule has 0 aliphatic carbocycles. The van der Waals surface area contributed by atoms with Gasteiger partial charge in [-0.2, -0.15) is 0 Å². The van der Waals surface area contributed by atoms with E-state index in [1.54, 1.807) is 0 Å². The molecule has 19 heteroatoms. The molecular formula is C81H156O17P2-2. The molecule has 0 aromatic rings. The number of phosphoric acid groups is 2. The lowest BCUT2D eigenvalue weighted by atomic mass is 10.0. The van der Waals surface area contributed by atoms with Gasteiger partial charge in [0, 0.05) is 25.7 Å². The van der Waals surface area contributed by atoms with E-state index in [0.29, 0.717) is 25.7 Å². The molecule has 0 spiro atoms. The number of esters is 4. The Morgan fingerprint density at radius 1 is 0.250 bits per heavy atom. The van der Waals surface area contributed by atoms with Gasteiger partial charge in [0.15, 0.2) is 12.2 Å². The number of hydrogen-bond acceptors (Lipinski definition) is 17. The summed E-state index contributed by atoms with van der Waals surface area (Å²) >= 11 is 0. The third-order valence-electron chi connectivity index (χ3n) is 19.1. The highest BCUT2D eigenvalue weighted by atomic mass is 31.2. The molecular weight excluding hydrogens is 1310 g/mol. The fourth-order valence-corrected chi connectivity index (χ4v) is 14.2. The second-order valence-electron chi connectivity index (χ2n) is 29.1. The Morgan fingerprint density at radius 2 is 0.410 bits per heavy atom. The second-order valence-corrected chi connectivity index (χ2v) is 31.9. The van der Waals surface area contributed by atoms with Crippen molar-refractivity contribution in [3.63, 3.8) is 0 Å². The van der Waals surface area contributed by atoms with Crippen molar-refractivity contribution in [3.8, 4) is 0 Å². The van der Waals surface area contributed by atoms with Crippen molar-refractivity contribution in [1.29, 1.82) is 0 Å². The van der Waals surface area contributed by atoms with Crippen LogP contribution in [-0.4, -0.2) is 86.9 Å². The summed E-state index contributed by atoms with van der Waals surface area (Å²) in [4.78, 5) is 77.7. The average molecular weight is 1460 g/mol. The van der Waals surface area contributed by atoms with Gasteiger partial charge in [0.2, 0.25) is 0 Å². The number of rotatable bonds is 82. The van der Waals surface area contributed by atoms with Crippen LogP contribution in [0.4, 0.5) is 0 Å². The minimum Gasteiger partial charge on any atom is -0.756 e. The van der Waals surface area contributed by atoms with Gasteiger partial charge < -0.3 is 51.9 Å². The minimum atomic E-state index is -5.23. The van der Waals surface area contributed by atoms with E-state index >= 15 is 0 Å². The quantitative estimate of drug-likeness (QED) is 0.0257. The van der Waals surface area contributed by atoms with Crippen LogP contribution in [0.25, 0.3) is 0 Å². The molecule has 0 amide bonds. The van der Waals surface area contributed by atoms with Gasteiger partial charge in [-0.3, -0.25) is 28.3 Å². The normalized spacial score (nSPS) is 13.8. The Kier molecular flexibility index (Phi) is 73.8. The number of hydrogen-bond donors (Lipinski definition) is 1. The van der Waals surface area contributed by atoms with Gasteiger partial charge in [-0.05, 0) is 25.7 Å². The van der Waals surface area contributed by atoms with Crippen molar-refractivity contribution in [2.75, 3.05) is 39.6 Å². The molecule has 0 aromatic heterocycles. The smallest absolute Gasteiger partial charge is 0.306 e. The maximum absolute atomic E-state index is 13.0. The first-order valence-electron chi connectivity index (χ1n) is 42.2. The maximum atomic E-state index is 13.0. The standard InChI is InChI=1S/C81H158O17P2/c1-5-9-13-17-21-25-29-33-37-41-45-49-53-57-61-65-78(83)91-71-76(97-80(85)67-63-59-55-51-47-43-39-35-31-27-23-19-15-11-7-3)73-95-99(87,88)93-69-75(82)70-94-100(89,90)96-74-77(98-81(86)68-64-60-56-52-48-44-40-36-32-28-24-20-16-12-8-4)72-92-79(84)66-62-58-54-50-46-42-38-34-30-26-22-18-14-10-6-2/h75-77,82H,5-74H2,1-4H3,(H,87,88)(H,89,90)/p-2/t76-,77-/m1/s1. The van der Waals surface area contributed by atoms with Gasteiger partial charge in [-0.15, -0.1) is 0 Å². The Morgan fingerprint density at radius 3 is 0.600 bits per heavy atom. The zero-order chi connectivity index (χ0) is 73.2. The molecule has 0 aliphatic heterocycles. The Bertz CT molecular complexity index is 1760. The third kappa shape index (κ3) is 74.3. The van der Waals surface area contributed by atoms with Crippen LogP contribution >= 0.6 is 15.6 Å². The molecule has 0 saturated heterocycles. The number of carbonyl (C=O) groups is 4. The molecule has 0 rings (SSSR count). The van der Waals surface area contributed by atoms with E-state index in [4.69, 9.17) is 37.0 Å². The largest absolute Gasteiger partial charge is 0.756 e. The molecule has 0 saturated carbocycles. The maximum Gasteiger partial charge on any atom is 0.306 e. The van der Waals surface area contributed by atoms with E-state index in [1.165, 1.54) is 270 Å². The first-order valence-corrected chi connectivity index (χ1v) is 45.2. The fraction of sp³-hybridized carbons (Fsp3) is 0.951. The Hall–Kier alpha value is -1.94. The van der Waals surface area contributed by atoms with Crippen LogP contribution in [0.3, 0.4) is 0 Å². The van der Waals surface area contributed by atoms with Crippen LogP contribution in [0.15, 0.2) is 0 Å². The van der Waals surface area contributed by atoms with Crippen LogP contribution in [0.2, 0.25) is 0 Å². The molecule has 4 atom stereocenters. The van der Waals surface area contributed by atoms with Crippen molar-refractivity contribution in [1.82, 2.24) is 0 Å². The van der Waals surface area contributed by atoms with Gasteiger partial charge in [-0.25, -0.2) is 0 Å². The summed E-state index contributed by atoms with van der Waals surface area (Å²) in [6, 6.07) is 0.